The average molecular weight is 282 g/mol. The van der Waals surface area contributed by atoms with Gasteiger partial charge in [-0.3, -0.25) is 0 Å². The van der Waals surface area contributed by atoms with Gasteiger partial charge in [0.1, 0.15) is 5.82 Å². The summed E-state index contributed by atoms with van der Waals surface area (Å²) in [4.78, 5) is 4.43. The number of benzene rings is 1. The number of rotatable bonds is 4. The smallest absolute Gasteiger partial charge is 0.203 e. The molecule has 19 heavy (non-hydrogen) atoms. The molecule has 2 aromatic rings. The van der Waals surface area contributed by atoms with Crippen LogP contribution in [-0.2, 0) is 6.54 Å². The minimum absolute atomic E-state index is 0.141. The van der Waals surface area contributed by atoms with E-state index in [1.165, 1.54) is 6.07 Å². The molecule has 1 heterocycles. The van der Waals surface area contributed by atoms with Crippen molar-refractivity contribution in [3.05, 3.63) is 46.5 Å². The van der Waals surface area contributed by atoms with Crippen molar-refractivity contribution in [3.8, 4) is 0 Å². The van der Waals surface area contributed by atoms with Crippen molar-refractivity contribution in [2.24, 2.45) is 0 Å². The molecule has 1 aromatic carbocycles. The summed E-state index contributed by atoms with van der Waals surface area (Å²) in [7, 11) is 0. The molecular formula is C14H17ClFN3. The molecule has 0 saturated carbocycles. The third-order valence-electron chi connectivity index (χ3n) is 2.84. The fraction of sp³-hybridized carbons (Fsp3) is 0.357. The van der Waals surface area contributed by atoms with Crippen molar-refractivity contribution in [1.29, 1.82) is 0 Å². The molecule has 0 fully saturated rings. The second-order valence-electron chi connectivity index (χ2n) is 4.81. The Bertz CT molecular complexity index is 578. The molecule has 0 saturated heterocycles. The van der Waals surface area contributed by atoms with Gasteiger partial charge in [0, 0.05) is 18.8 Å². The summed E-state index contributed by atoms with van der Waals surface area (Å²) < 4.78 is 15.1. The van der Waals surface area contributed by atoms with Crippen LogP contribution in [-0.4, -0.2) is 9.55 Å². The van der Waals surface area contributed by atoms with Gasteiger partial charge < -0.3 is 9.88 Å². The second-order valence-corrected chi connectivity index (χ2v) is 5.22. The highest BCUT2D eigenvalue weighted by Crippen LogP contribution is 2.19. The Labute approximate surface area is 117 Å². The molecule has 1 N–H and O–H groups in total. The lowest BCUT2D eigenvalue weighted by Gasteiger charge is -2.12. The number of aromatic nitrogens is 2. The number of hydrogen-bond acceptors (Lipinski definition) is 2. The van der Waals surface area contributed by atoms with Gasteiger partial charge in [-0.15, -0.1) is 0 Å². The van der Waals surface area contributed by atoms with Gasteiger partial charge in [0.2, 0.25) is 5.95 Å². The van der Waals surface area contributed by atoms with Crippen molar-refractivity contribution < 1.29 is 4.39 Å². The van der Waals surface area contributed by atoms with Crippen LogP contribution in [0, 0.1) is 12.7 Å². The predicted octanol–water partition coefficient (Wildman–Crippen LogP) is 4.18. The third kappa shape index (κ3) is 3.26. The molecule has 0 aliphatic heterocycles. The van der Waals surface area contributed by atoms with Gasteiger partial charge in [-0.1, -0.05) is 17.7 Å². The number of nitrogens with zero attached hydrogens (tertiary/aromatic N) is 2. The highest BCUT2D eigenvalue weighted by Gasteiger charge is 2.08. The number of halogens is 2. The first kappa shape index (κ1) is 13.9. The summed E-state index contributed by atoms with van der Waals surface area (Å²) in [6.45, 7) is 6.71. The minimum Gasteiger partial charge on any atom is -0.352 e. The van der Waals surface area contributed by atoms with Crippen molar-refractivity contribution in [2.45, 2.75) is 33.4 Å². The van der Waals surface area contributed by atoms with E-state index in [1.54, 1.807) is 12.1 Å². The Kier molecular flexibility index (Phi) is 4.10. The SMILES string of the molecule is Cc1cn(C(C)C)c(NCc2ccc(F)c(Cl)c2)n1. The Morgan fingerprint density at radius 2 is 2.16 bits per heavy atom. The number of nitrogens with one attached hydrogen (secondary N) is 1. The fourth-order valence-electron chi connectivity index (χ4n) is 1.87. The molecule has 0 atom stereocenters. The minimum atomic E-state index is -0.398. The molecule has 0 bridgehead atoms. The van der Waals surface area contributed by atoms with Crippen molar-refractivity contribution in [3.63, 3.8) is 0 Å². The van der Waals surface area contributed by atoms with Crippen LogP contribution >= 0.6 is 11.6 Å². The number of aryl methyl sites for hydroxylation is 1. The third-order valence-corrected chi connectivity index (χ3v) is 3.13. The summed E-state index contributed by atoms with van der Waals surface area (Å²) >= 11 is 5.76. The van der Waals surface area contributed by atoms with Gasteiger partial charge in [0.25, 0.3) is 0 Å². The first-order chi connectivity index (χ1) is 8.97. The second kappa shape index (κ2) is 5.61. The Morgan fingerprint density at radius 3 is 2.79 bits per heavy atom. The topological polar surface area (TPSA) is 29.9 Å². The van der Waals surface area contributed by atoms with Gasteiger partial charge in [-0.05, 0) is 38.5 Å². The standard InChI is InChI=1S/C14H17ClFN3/c1-9(2)19-8-10(3)18-14(19)17-7-11-4-5-13(16)12(15)6-11/h4-6,8-9H,7H2,1-3H3,(H,17,18). The lowest BCUT2D eigenvalue weighted by atomic mass is 10.2. The molecule has 3 nitrogen and oxygen atoms in total. The Balaban J connectivity index is 2.12. The number of imidazole rings is 1. The molecule has 5 heteroatoms. The van der Waals surface area contributed by atoms with Crippen LogP contribution < -0.4 is 5.32 Å². The van der Waals surface area contributed by atoms with Crippen molar-refractivity contribution >= 4 is 17.5 Å². The molecule has 1 aromatic heterocycles. The van der Waals surface area contributed by atoms with E-state index in [0.29, 0.717) is 12.6 Å². The maximum Gasteiger partial charge on any atom is 0.203 e. The molecule has 0 radical (unpaired) electrons. The zero-order valence-corrected chi connectivity index (χ0v) is 12.0. The largest absolute Gasteiger partial charge is 0.352 e. The molecule has 0 aliphatic carbocycles. The number of anilines is 1. The first-order valence-electron chi connectivity index (χ1n) is 6.20. The first-order valence-corrected chi connectivity index (χ1v) is 6.58. The summed E-state index contributed by atoms with van der Waals surface area (Å²) in [6, 6.07) is 5.04. The highest BCUT2D eigenvalue weighted by molar-refractivity contribution is 6.30. The van der Waals surface area contributed by atoms with Crippen LogP contribution in [0.3, 0.4) is 0 Å². The summed E-state index contributed by atoms with van der Waals surface area (Å²) in [5.41, 5.74) is 1.88. The molecule has 0 spiro atoms. The van der Waals surface area contributed by atoms with Crippen LogP contribution in [0.15, 0.2) is 24.4 Å². The van der Waals surface area contributed by atoms with Gasteiger partial charge in [-0.25, -0.2) is 9.37 Å². The van der Waals surface area contributed by atoms with Crippen molar-refractivity contribution in [1.82, 2.24) is 9.55 Å². The van der Waals surface area contributed by atoms with Crippen LogP contribution in [0.1, 0.15) is 31.1 Å². The molecule has 102 valence electrons. The van der Waals surface area contributed by atoms with E-state index in [2.05, 4.69) is 28.7 Å². The van der Waals surface area contributed by atoms with Crippen LogP contribution in [0.25, 0.3) is 0 Å². The van der Waals surface area contributed by atoms with Crippen LogP contribution in [0.2, 0.25) is 5.02 Å². The van der Waals surface area contributed by atoms with Crippen LogP contribution in [0.4, 0.5) is 10.3 Å². The maximum absolute atomic E-state index is 13.1. The summed E-state index contributed by atoms with van der Waals surface area (Å²) in [6.07, 6.45) is 2.00. The van der Waals surface area contributed by atoms with E-state index < -0.39 is 5.82 Å². The van der Waals surface area contributed by atoms with Crippen LogP contribution in [0.5, 0.6) is 0 Å². The van der Waals surface area contributed by atoms with Gasteiger partial charge in [0.05, 0.1) is 10.7 Å². The fourth-order valence-corrected chi connectivity index (χ4v) is 2.07. The maximum atomic E-state index is 13.1. The monoisotopic (exact) mass is 281 g/mol. The van der Waals surface area contributed by atoms with E-state index >= 15 is 0 Å². The van der Waals surface area contributed by atoms with E-state index in [9.17, 15) is 4.39 Å². The normalized spacial score (nSPS) is 11.1. The Morgan fingerprint density at radius 1 is 1.42 bits per heavy atom. The zero-order valence-electron chi connectivity index (χ0n) is 11.2. The molecule has 0 amide bonds. The van der Waals surface area contributed by atoms with E-state index in [0.717, 1.165) is 17.2 Å². The summed E-state index contributed by atoms with van der Waals surface area (Å²) in [5.74, 6) is 0.415. The van der Waals surface area contributed by atoms with E-state index in [4.69, 9.17) is 11.6 Å². The molecule has 2 rings (SSSR count). The number of hydrogen-bond donors (Lipinski definition) is 1. The zero-order chi connectivity index (χ0) is 14.0. The molecule has 0 unspecified atom stereocenters. The molecular weight excluding hydrogens is 265 g/mol. The lowest BCUT2D eigenvalue weighted by molar-refractivity contribution is 0.604. The van der Waals surface area contributed by atoms with Gasteiger partial charge in [-0.2, -0.15) is 0 Å². The summed E-state index contributed by atoms with van der Waals surface area (Å²) in [5, 5.41) is 3.39. The Hall–Kier alpha value is -1.55. The average Bonchev–Trinajstić information content (AvgIpc) is 2.72. The van der Waals surface area contributed by atoms with E-state index in [1.807, 2.05) is 13.1 Å². The highest BCUT2D eigenvalue weighted by atomic mass is 35.5. The van der Waals surface area contributed by atoms with E-state index in [-0.39, 0.29) is 5.02 Å². The van der Waals surface area contributed by atoms with Gasteiger partial charge >= 0.3 is 0 Å². The lowest BCUT2D eigenvalue weighted by Crippen LogP contribution is -2.08. The quantitative estimate of drug-likeness (QED) is 0.911. The molecule has 0 aliphatic rings. The van der Waals surface area contributed by atoms with Gasteiger partial charge in [0.15, 0.2) is 0 Å². The predicted molar refractivity (Wildman–Crippen MR) is 76.1 cm³/mol. The van der Waals surface area contributed by atoms with Crippen molar-refractivity contribution in [2.75, 3.05) is 5.32 Å².